The molecular formula is C7H6N6. The van der Waals surface area contributed by atoms with Crippen molar-refractivity contribution in [1.82, 2.24) is 24.9 Å². The van der Waals surface area contributed by atoms with Gasteiger partial charge in [-0.15, -0.1) is 0 Å². The van der Waals surface area contributed by atoms with Crippen molar-refractivity contribution in [2.75, 3.05) is 5.73 Å². The summed E-state index contributed by atoms with van der Waals surface area (Å²) in [7, 11) is 0. The second-order valence-electron chi connectivity index (χ2n) is 2.28. The highest BCUT2D eigenvalue weighted by Crippen LogP contribution is 2.16. The van der Waals surface area contributed by atoms with Crippen LogP contribution in [0.5, 0.6) is 0 Å². The van der Waals surface area contributed by atoms with Crippen molar-refractivity contribution in [2.24, 2.45) is 0 Å². The summed E-state index contributed by atoms with van der Waals surface area (Å²) in [6.45, 7) is 0. The van der Waals surface area contributed by atoms with Crippen molar-refractivity contribution in [2.45, 2.75) is 0 Å². The maximum absolute atomic E-state index is 5.60. The van der Waals surface area contributed by atoms with E-state index in [9.17, 15) is 0 Å². The molecule has 6 nitrogen and oxygen atoms in total. The van der Waals surface area contributed by atoms with Crippen molar-refractivity contribution in [3.63, 3.8) is 0 Å². The van der Waals surface area contributed by atoms with Crippen LogP contribution in [0.2, 0.25) is 0 Å². The van der Waals surface area contributed by atoms with Gasteiger partial charge in [0.25, 0.3) is 0 Å². The van der Waals surface area contributed by atoms with Crippen molar-refractivity contribution < 1.29 is 0 Å². The lowest BCUT2D eigenvalue weighted by Crippen LogP contribution is -1.97. The van der Waals surface area contributed by atoms with E-state index in [2.05, 4.69) is 24.9 Å². The van der Waals surface area contributed by atoms with Gasteiger partial charge in [-0.05, 0) is 0 Å². The first kappa shape index (κ1) is 7.53. The molecule has 0 atom stereocenters. The first-order valence-corrected chi connectivity index (χ1v) is 3.56. The number of anilines is 1. The van der Waals surface area contributed by atoms with Gasteiger partial charge in [0, 0.05) is 6.20 Å². The Kier molecular flexibility index (Phi) is 1.79. The average Bonchev–Trinajstić information content (AvgIpc) is 2.20. The lowest BCUT2D eigenvalue weighted by molar-refractivity contribution is 1.05. The summed E-state index contributed by atoms with van der Waals surface area (Å²) >= 11 is 0. The molecule has 64 valence electrons. The Bertz CT molecular complexity index is 401. The Morgan fingerprint density at radius 1 is 0.923 bits per heavy atom. The van der Waals surface area contributed by atoms with Crippen molar-refractivity contribution in [3.8, 4) is 11.4 Å². The number of hydrogen-bond acceptors (Lipinski definition) is 6. The highest BCUT2D eigenvalue weighted by molar-refractivity contribution is 5.65. The third kappa shape index (κ3) is 1.41. The fraction of sp³-hybridized carbons (Fsp3) is 0. The SMILES string of the molecule is Nc1ncncc1-c1ncncn1. The highest BCUT2D eigenvalue weighted by Gasteiger charge is 2.04. The molecule has 6 heteroatoms. The van der Waals surface area contributed by atoms with Crippen LogP contribution in [0.25, 0.3) is 11.4 Å². The summed E-state index contributed by atoms with van der Waals surface area (Å²) in [5.74, 6) is 0.842. The first-order chi connectivity index (χ1) is 6.38. The van der Waals surface area contributed by atoms with Crippen LogP contribution < -0.4 is 5.73 Å². The largest absolute Gasteiger partial charge is 0.383 e. The van der Waals surface area contributed by atoms with Crippen molar-refractivity contribution >= 4 is 5.82 Å². The predicted octanol–water partition coefficient (Wildman–Crippen LogP) is -0.0892. The second-order valence-corrected chi connectivity index (χ2v) is 2.28. The van der Waals surface area contributed by atoms with Gasteiger partial charge in [-0.3, -0.25) is 0 Å². The van der Waals surface area contributed by atoms with Crippen LogP contribution in [0.15, 0.2) is 25.2 Å². The molecule has 0 radical (unpaired) electrons. The van der Waals surface area contributed by atoms with Crippen molar-refractivity contribution in [3.05, 3.63) is 25.2 Å². The highest BCUT2D eigenvalue weighted by atomic mass is 15.0. The van der Waals surface area contributed by atoms with E-state index in [0.29, 0.717) is 17.2 Å². The number of rotatable bonds is 1. The van der Waals surface area contributed by atoms with Gasteiger partial charge in [0.1, 0.15) is 24.8 Å². The fourth-order valence-electron chi connectivity index (χ4n) is 0.890. The van der Waals surface area contributed by atoms with Crippen LogP contribution in [-0.2, 0) is 0 Å². The van der Waals surface area contributed by atoms with E-state index in [1.54, 1.807) is 6.20 Å². The predicted molar refractivity (Wildman–Crippen MR) is 45.3 cm³/mol. The number of nitrogens with two attached hydrogens (primary N) is 1. The van der Waals surface area contributed by atoms with Crippen LogP contribution in [0.3, 0.4) is 0 Å². The minimum atomic E-state index is 0.362. The summed E-state index contributed by atoms with van der Waals surface area (Å²) in [6.07, 6.45) is 5.74. The van der Waals surface area contributed by atoms with Crippen molar-refractivity contribution in [1.29, 1.82) is 0 Å². The summed E-state index contributed by atoms with van der Waals surface area (Å²) in [4.78, 5) is 19.2. The van der Waals surface area contributed by atoms with Crippen LogP contribution >= 0.6 is 0 Å². The third-order valence-electron chi connectivity index (χ3n) is 1.48. The molecule has 2 aromatic heterocycles. The fourth-order valence-corrected chi connectivity index (χ4v) is 0.890. The lowest BCUT2D eigenvalue weighted by Gasteiger charge is -1.99. The molecule has 0 aliphatic heterocycles. The molecule has 0 aliphatic rings. The second kappa shape index (κ2) is 3.10. The normalized spacial score (nSPS) is 9.85. The van der Waals surface area contributed by atoms with E-state index in [1.165, 1.54) is 19.0 Å². The zero-order valence-corrected chi connectivity index (χ0v) is 6.62. The third-order valence-corrected chi connectivity index (χ3v) is 1.48. The van der Waals surface area contributed by atoms with E-state index < -0.39 is 0 Å². The maximum Gasteiger partial charge on any atom is 0.167 e. The molecule has 2 heterocycles. The van der Waals surface area contributed by atoms with Crippen LogP contribution in [0.1, 0.15) is 0 Å². The minimum Gasteiger partial charge on any atom is -0.383 e. The molecule has 0 spiro atoms. The zero-order valence-electron chi connectivity index (χ0n) is 6.62. The van der Waals surface area contributed by atoms with E-state index >= 15 is 0 Å². The van der Waals surface area contributed by atoms with E-state index in [0.717, 1.165) is 0 Å². The number of nitrogen functional groups attached to an aromatic ring is 1. The standard InChI is InChI=1S/C7H6N6/c8-6-5(1-9-2-11-6)7-12-3-10-4-13-7/h1-4H,(H2,8,9,11). The first-order valence-electron chi connectivity index (χ1n) is 3.56. The topological polar surface area (TPSA) is 90.5 Å². The summed E-state index contributed by atoms with van der Waals surface area (Å²) in [5, 5.41) is 0. The number of nitrogens with zero attached hydrogens (tertiary/aromatic N) is 5. The Balaban J connectivity index is 2.54. The monoisotopic (exact) mass is 174 g/mol. The van der Waals surface area contributed by atoms with Crippen LogP contribution in [0.4, 0.5) is 5.82 Å². The van der Waals surface area contributed by atoms with Gasteiger partial charge in [-0.25, -0.2) is 24.9 Å². The molecule has 0 fully saturated rings. The number of aromatic nitrogens is 5. The molecular weight excluding hydrogens is 168 g/mol. The smallest absolute Gasteiger partial charge is 0.167 e. The van der Waals surface area contributed by atoms with E-state index in [4.69, 9.17) is 5.73 Å². The number of hydrogen-bond donors (Lipinski definition) is 1. The zero-order chi connectivity index (χ0) is 9.10. The molecule has 2 aromatic rings. The van der Waals surface area contributed by atoms with Gasteiger partial charge in [-0.2, -0.15) is 0 Å². The average molecular weight is 174 g/mol. The molecule has 0 saturated carbocycles. The van der Waals surface area contributed by atoms with E-state index in [-0.39, 0.29) is 0 Å². The quantitative estimate of drug-likeness (QED) is 0.649. The Labute approximate surface area is 73.9 Å². The molecule has 0 aliphatic carbocycles. The molecule has 0 aromatic carbocycles. The molecule has 2 rings (SSSR count). The molecule has 13 heavy (non-hydrogen) atoms. The minimum absolute atomic E-state index is 0.362. The molecule has 0 saturated heterocycles. The Morgan fingerprint density at radius 2 is 1.62 bits per heavy atom. The molecule has 0 unspecified atom stereocenters. The maximum atomic E-state index is 5.60. The van der Waals surface area contributed by atoms with Crippen LogP contribution in [-0.4, -0.2) is 24.9 Å². The van der Waals surface area contributed by atoms with Crippen LogP contribution in [0, 0.1) is 0 Å². The van der Waals surface area contributed by atoms with Gasteiger partial charge in [-0.1, -0.05) is 0 Å². The van der Waals surface area contributed by atoms with Gasteiger partial charge in [0.05, 0.1) is 5.56 Å². The molecule has 0 amide bonds. The summed E-state index contributed by atoms with van der Waals surface area (Å²) in [5.41, 5.74) is 6.22. The Morgan fingerprint density at radius 3 is 2.31 bits per heavy atom. The summed E-state index contributed by atoms with van der Waals surface area (Å²) < 4.78 is 0. The van der Waals surface area contributed by atoms with Gasteiger partial charge < -0.3 is 5.73 Å². The molecule has 0 bridgehead atoms. The summed E-state index contributed by atoms with van der Waals surface area (Å²) in [6, 6.07) is 0. The van der Waals surface area contributed by atoms with Gasteiger partial charge >= 0.3 is 0 Å². The molecule has 2 N–H and O–H groups in total. The Hall–Kier alpha value is -2.11. The lowest BCUT2D eigenvalue weighted by atomic mass is 10.3. The van der Waals surface area contributed by atoms with Gasteiger partial charge in [0.15, 0.2) is 5.82 Å². The van der Waals surface area contributed by atoms with E-state index in [1.807, 2.05) is 0 Å². The van der Waals surface area contributed by atoms with Gasteiger partial charge in [0.2, 0.25) is 0 Å².